The molecule has 0 amide bonds. The predicted octanol–water partition coefficient (Wildman–Crippen LogP) is 12.9. The third-order valence-electron chi connectivity index (χ3n) is 10.5. The van der Waals surface area contributed by atoms with Crippen LogP contribution >= 0.6 is 0 Å². The second-order valence-electron chi connectivity index (χ2n) is 13.8. The Morgan fingerprint density at radius 1 is 0.469 bits per heavy atom. The summed E-state index contributed by atoms with van der Waals surface area (Å²) < 4.78 is 80.5. The lowest BCUT2D eigenvalue weighted by molar-refractivity contribution is 0.645. The SMILES string of the molecule is [2H]c1c([2H])c2c([2H])c([2H])c3c([2H])c([2H])c(Cc4cc(Cc5ccc6c(c5)-c5cccc7cccc(c57)C6(C)C)cc(-c5ccccc5)c4)c4c([2H])c([2H])c(c1[2H])c2c34. The zero-order valence-corrected chi connectivity index (χ0v) is 27.2. The van der Waals surface area contributed by atoms with Gasteiger partial charge >= 0.3 is 0 Å². The van der Waals surface area contributed by atoms with Crippen LogP contribution in [0.5, 0.6) is 0 Å². The highest BCUT2D eigenvalue weighted by atomic mass is 14.4. The van der Waals surface area contributed by atoms with E-state index in [9.17, 15) is 4.11 Å². The number of benzene rings is 9. The summed E-state index contributed by atoms with van der Waals surface area (Å²) >= 11 is 0. The van der Waals surface area contributed by atoms with Crippen molar-refractivity contribution in [2.45, 2.75) is 32.1 Å². The Morgan fingerprint density at radius 3 is 2.00 bits per heavy atom. The van der Waals surface area contributed by atoms with Crippen LogP contribution in [0, 0.1) is 0 Å². The standard InChI is InChI=1S/C49H36/c1-49(2)44-24-17-31(30-43(44)42-15-7-13-35-14-8-16-45(49)47(35)42)25-32-26-33(29-40(28-32)34-9-4-3-5-10-34)27-39-21-20-38-19-18-36-11-6-12-37-22-23-41(39)48(38)46(36)37/h3-24,26,28-30H,25,27H2,1-2H3/i6D,11D,12D,18D,19D,20D,21D,22D,23D. The van der Waals surface area contributed by atoms with Crippen molar-refractivity contribution in [3.8, 4) is 22.3 Å². The van der Waals surface area contributed by atoms with Crippen LogP contribution in [0.25, 0.3) is 65.3 Å². The van der Waals surface area contributed by atoms with Gasteiger partial charge in [0.05, 0.1) is 12.3 Å². The molecule has 0 saturated heterocycles. The first-order chi connectivity index (χ1) is 27.8. The molecule has 0 heteroatoms. The van der Waals surface area contributed by atoms with Crippen molar-refractivity contribution >= 4 is 43.1 Å². The van der Waals surface area contributed by atoms with Gasteiger partial charge in [0.1, 0.15) is 0 Å². The molecule has 0 spiro atoms. The Bertz CT molecular complexity index is 3210. The molecule has 1 aliphatic carbocycles. The van der Waals surface area contributed by atoms with Crippen LogP contribution in [0.15, 0.2) is 158 Å². The Kier molecular flexibility index (Phi) is 4.47. The highest BCUT2D eigenvalue weighted by Gasteiger charge is 2.33. The van der Waals surface area contributed by atoms with Crippen molar-refractivity contribution in [3.63, 3.8) is 0 Å². The zero-order valence-electron chi connectivity index (χ0n) is 36.2. The molecule has 9 aromatic rings. The van der Waals surface area contributed by atoms with Gasteiger partial charge in [-0.3, -0.25) is 0 Å². The van der Waals surface area contributed by atoms with E-state index >= 15 is 0 Å². The summed E-state index contributed by atoms with van der Waals surface area (Å²) in [4.78, 5) is 0. The molecule has 0 unspecified atom stereocenters. The van der Waals surface area contributed by atoms with Crippen LogP contribution in [-0.2, 0) is 18.3 Å². The van der Waals surface area contributed by atoms with E-state index < -0.39 is 18.1 Å². The van der Waals surface area contributed by atoms with Gasteiger partial charge in [-0.15, -0.1) is 0 Å². The second kappa shape index (κ2) is 10.6. The van der Waals surface area contributed by atoms with Crippen molar-refractivity contribution in [1.29, 1.82) is 0 Å². The number of hydrogen-bond acceptors (Lipinski definition) is 0. The lowest BCUT2D eigenvalue weighted by Crippen LogP contribution is -2.23. The molecule has 0 aliphatic heterocycles. The van der Waals surface area contributed by atoms with Gasteiger partial charge < -0.3 is 0 Å². The minimum absolute atomic E-state index is 0.0103. The molecule has 1 aliphatic rings. The average molecular weight is 634 g/mol. The molecule has 0 bridgehead atoms. The fraction of sp³-hybridized carbons (Fsp3) is 0.102. The maximum absolute atomic E-state index is 9.31. The van der Waals surface area contributed by atoms with Crippen molar-refractivity contribution in [1.82, 2.24) is 0 Å². The first kappa shape index (κ1) is 20.6. The Morgan fingerprint density at radius 2 is 1.18 bits per heavy atom. The van der Waals surface area contributed by atoms with E-state index in [1.54, 1.807) is 0 Å². The molecular formula is C49H36. The van der Waals surface area contributed by atoms with E-state index in [4.69, 9.17) is 8.22 Å². The summed E-state index contributed by atoms with van der Waals surface area (Å²) in [6.07, 6.45) is 0.763. The third-order valence-corrected chi connectivity index (χ3v) is 10.5. The lowest BCUT2D eigenvalue weighted by Gasteiger charge is -2.35. The van der Waals surface area contributed by atoms with Crippen LogP contribution < -0.4 is 0 Å². The summed E-state index contributed by atoms with van der Waals surface area (Å²) in [6.45, 7) is 4.58. The van der Waals surface area contributed by atoms with E-state index in [0.29, 0.717) is 12.0 Å². The fourth-order valence-electron chi connectivity index (χ4n) is 8.15. The van der Waals surface area contributed by atoms with Gasteiger partial charge in [0.15, 0.2) is 0 Å². The van der Waals surface area contributed by atoms with Gasteiger partial charge in [-0.05, 0) is 112 Å². The van der Waals surface area contributed by atoms with Crippen molar-refractivity contribution in [2.24, 2.45) is 0 Å². The summed E-state index contributed by atoms with van der Waals surface area (Å²) in [5, 5.41) is 3.03. The Balaban J connectivity index is 1.16. The molecule has 49 heavy (non-hydrogen) atoms. The third kappa shape index (κ3) is 4.44. The minimum Gasteiger partial charge on any atom is -0.0622 e. The normalized spacial score (nSPS) is 16.0. The lowest BCUT2D eigenvalue weighted by atomic mass is 9.68. The minimum atomic E-state index is -0.478. The average Bonchev–Trinajstić information content (AvgIpc) is 3.22. The largest absolute Gasteiger partial charge is 0.0630 e. The van der Waals surface area contributed by atoms with E-state index in [2.05, 4.69) is 98.8 Å². The van der Waals surface area contributed by atoms with Gasteiger partial charge in [0, 0.05) is 5.41 Å². The Hall–Kier alpha value is -5.72. The molecule has 0 N–H and O–H groups in total. The number of fused-ring (bicyclic) bond motifs is 2. The number of rotatable bonds is 5. The highest BCUT2D eigenvalue weighted by Crippen LogP contribution is 2.49. The summed E-state index contributed by atoms with van der Waals surface area (Å²) in [7, 11) is 0. The van der Waals surface area contributed by atoms with Crippen LogP contribution in [0.1, 0.15) is 59.6 Å². The van der Waals surface area contributed by atoms with Gasteiger partial charge in [0.25, 0.3) is 0 Å². The fourth-order valence-corrected chi connectivity index (χ4v) is 8.15. The van der Waals surface area contributed by atoms with Crippen molar-refractivity contribution < 1.29 is 12.3 Å². The molecule has 0 radical (unpaired) electrons. The topological polar surface area (TPSA) is 0 Å². The van der Waals surface area contributed by atoms with E-state index in [1.165, 1.54) is 33.0 Å². The summed E-state index contributed by atoms with van der Waals surface area (Å²) in [5.74, 6) is 0. The number of hydrogen-bond donors (Lipinski definition) is 0. The Labute approximate surface area is 300 Å². The molecule has 9 aromatic carbocycles. The smallest absolute Gasteiger partial charge is 0.0622 e. The maximum Gasteiger partial charge on any atom is 0.0630 e. The molecule has 0 nitrogen and oxygen atoms in total. The van der Waals surface area contributed by atoms with Gasteiger partial charge in [0.2, 0.25) is 0 Å². The van der Waals surface area contributed by atoms with E-state index in [-0.39, 0.29) is 80.4 Å². The molecular weight excluding hydrogens is 589 g/mol. The van der Waals surface area contributed by atoms with Gasteiger partial charge in [-0.25, -0.2) is 0 Å². The molecule has 0 saturated carbocycles. The van der Waals surface area contributed by atoms with Crippen LogP contribution in [-0.4, -0.2) is 0 Å². The molecule has 10 rings (SSSR count). The van der Waals surface area contributed by atoms with Crippen LogP contribution in [0.3, 0.4) is 0 Å². The quantitative estimate of drug-likeness (QED) is 0.165. The zero-order chi connectivity index (χ0) is 40.5. The van der Waals surface area contributed by atoms with Gasteiger partial charge in [-0.2, -0.15) is 0 Å². The van der Waals surface area contributed by atoms with Gasteiger partial charge in [-0.1, -0.05) is 171 Å². The molecule has 0 fully saturated rings. The van der Waals surface area contributed by atoms with Crippen molar-refractivity contribution in [3.05, 3.63) is 191 Å². The second-order valence-corrected chi connectivity index (χ2v) is 13.8. The molecule has 232 valence electrons. The maximum atomic E-state index is 9.31. The summed E-state index contributed by atoms with van der Waals surface area (Å²) in [5.41, 5.74) is 10.2. The molecule has 0 heterocycles. The molecule has 0 aromatic heterocycles. The first-order valence-corrected chi connectivity index (χ1v) is 16.8. The van der Waals surface area contributed by atoms with Crippen molar-refractivity contribution in [2.75, 3.05) is 0 Å². The first-order valence-electron chi connectivity index (χ1n) is 21.3. The van der Waals surface area contributed by atoms with Crippen LogP contribution in [0.2, 0.25) is 0 Å². The van der Waals surface area contributed by atoms with E-state index in [1.807, 2.05) is 18.2 Å². The summed E-state index contributed by atoms with van der Waals surface area (Å²) in [6, 6.07) is 33.2. The highest BCUT2D eigenvalue weighted by molar-refractivity contribution is 6.23. The molecule has 0 atom stereocenters. The van der Waals surface area contributed by atoms with E-state index in [0.717, 1.165) is 27.8 Å². The monoisotopic (exact) mass is 633 g/mol. The predicted molar refractivity (Wildman–Crippen MR) is 209 cm³/mol. The van der Waals surface area contributed by atoms with Crippen LogP contribution in [0.4, 0.5) is 0 Å².